The highest BCUT2D eigenvalue weighted by Gasteiger charge is 2.35. The number of amidine groups is 1. The second-order valence-corrected chi connectivity index (χ2v) is 11.1. The summed E-state index contributed by atoms with van der Waals surface area (Å²) in [7, 11) is -3.81. The maximum absolute atomic E-state index is 13.0. The summed E-state index contributed by atoms with van der Waals surface area (Å²) in [5.74, 6) is -0.126. The highest BCUT2D eigenvalue weighted by Crippen LogP contribution is 2.29. The molecule has 9 heteroatoms. The van der Waals surface area contributed by atoms with Crippen LogP contribution in [0.3, 0.4) is 0 Å². The summed E-state index contributed by atoms with van der Waals surface area (Å²) in [6, 6.07) is 14.0. The zero-order valence-electron chi connectivity index (χ0n) is 20.2. The van der Waals surface area contributed by atoms with Crippen LogP contribution in [-0.4, -0.2) is 39.2 Å². The summed E-state index contributed by atoms with van der Waals surface area (Å²) in [5, 5.41) is 2.79. The quantitative estimate of drug-likeness (QED) is 0.629. The van der Waals surface area contributed by atoms with E-state index in [1.54, 1.807) is 17.0 Å². The fourth-order valence-electron chi connectivity index (χ4n) is 4.34. The molecule has 0 aromatic heterocycles. The summed E-state index contributed by atoms with van der Waals surface area (Å²) < 4.78 is 28.3. The van der Waals surface area contributed by atoms with Crippen molar-refractivity contribution in [2.24, 2.45) is 10.9 Å². The Kier molecular flexibility index (Phi) is 7.54. The van der Waals surface area contributed by atoms with Gasteiger partial charge in [0.15, 0.2) is 0 Å². The van der Waals surface area contributed by atoms with Crippen molar-refractivity contribution in [3.8, 4) is 0 Å². The topological polar surface area (TPSA) is 108 Å². The average molecular weight is 497 g/mol. The van der Waals surface area contributed by atoms with E-state index in [9.17, 15) is 18.0 Å². The Bertz CT molecular complexity index is 1240. The Balaban J connectivity index is 1.43. The van der Waals surface area contributed by atoms with Crippen LogP contribution in [-0.2, 0) is 19.6 Å². The Labute approximate surface area is 206 Å². The first-order valence-corrected chi connectivity index (χ1v) is 13.6. The van der Waals surface area contributed by atoms with Crippen LogP contribution in [0.2, 0.25) is 0 Å². The molecule has 1 fully saturated rings. The molecule has 2 amide bonds. The third kappa shape index (κ3) is 6.08. The Morgan fingerprint density at radius 3 is 2.69 bits per heavy atom. The first-order valence-electron chi connectivity index (χ1n) is 12.1. The molecule has 8 nitrogen and oxygen atoms in total. The van der Waals surface area contributed by atoms with E-state index in [2.05, 4.69) is 28.9 Å². The number of nitrogens with one attached hydrogen (secondary N) is 2. The van der Waals surface area contributed by atoms with Crippen molar-refractivity contribution in [2.75, 3.05) is 23.3 Å². The van der Waals surface area contributed by atoms with Gasteiger partial charge in [-0.3, -0.25) is 19.3 Å². The Morgan fingerprint density at radius 2 is 1.89 bits per heavy atom. The molecule has 1 atom stereocenters. The smallest absolute Gasteiger partial charge is 0.262 e. The molecule has 186 valence electrons. The molecule has 1 saturated heterocycles. The van der Waals surface area contributed by atoms with Gasteiger partial charge in [0.05, 0.1) is 10.8 Å². The lowest BCUT2D eigenvalue weighted by molar-refractivity contribution is -0.122. The molecule has 0 bridgehead atoms. The van der Waals surface area contributed by atoms with Gasteiger partial charge in [0.25, 0.3) is 10.0 Å². The number of hydrogen-bond acceptors (Lipinski definition) is 5. The summed E-state index contributed by atoms with van der Waals surface area (Å²) in [6.45, 7) is 5.09. The fourth-order valence-corrected chi connectivity index (χ4v) is 5.48. The SMILES string of the molecule is CC(C)c1cccc(N2CC(C(=O)Nc3cccc(S(=O)(=O)NC4=NCCCCC4)c3)CC2=O)c1. The van der Waals surface area contributed by atoms with Crippen LogP contribution in [0.25, 0.3) is 0 Å². The highest BCUT2D eigenvalue weighted by atomic mass is 32.2. The number of aliphatic imine (C=N–C) groups is 1. The Morgan fingerprint density at radius 1 is 1.09 bits per heavy atom. The maximum Gasteiger partial charge on any atom is 0.262 e. The van der Waals surface area contributed by atoms with Crippen LogP contribution < -0.4 is 14.9 Å². The molecule has 2 N–H and O–H groups in total. The van der Waals surface area contributed by atoms with Crippen LogP contribution in [0.15, 0.2) is 58.4 Å². The van der Waals surface area contributed by atoms with Crippen molar-refractivity contribution in [1.29, 1.82) is 0 Å². The predicted octanol–water partition coefficient (Wildman–Crippen LogP) is 4.05. The summed E-state index contributed by atoms with van der Waals surface area (Å²) in [4.78, 5) is 31.7. The lowest BCUT2D eigenvalue weighted by atomic mass is 10.0. The van der Waals surface area contributed by atoms with Gasteiger partial charge in [-0.15, -0.1) is 0 Å². The molecule has 4 rings (SSSR count). The second-order valence-electron chi connectivity index (χ2n) is 9.42. The zero-order valence-corrected chi connectivity index (χ0v) is 21.0. The number of hydrogen-bond donors (Lipinski definition) is 2. The van der Waals surface area contributed by atoms with Gasteiger partial charge in [0.1, 0.15) is 5.84 Å². The number of carbonyl (C=O) groups excluding carboxylic acids is 2. The lowest BCUT2D eigenvalue weighted by Crippen LogP contribution is -2.31. The molecule has 0 spiro atoms. The minimum absolute atomic E-state index is 0.0527. The van der Waals surface area contributed by atoms with Crippen molar-refractivity contribution >= 4 is 39.0 Å². The normalized spacial score (nSPS) is 18.8. The third-order valence-corrected chi connectivity index (χ3v) is 7.76. The summed E-state index contributed by atoms with van der Waals surface area (Å²) >= 11 is 0. The van der Waals surface area contributed by atoms with Crippen LogP contribution >= 0.6 is 0 Å². The number of rotatable bonds is 6. The first-order chi connectivity index (χ1) is 16.7. The van der Waals surface area contributed by atoms with Crippen molar-refractivity contribution < 1.29 is 18.0 Å². The third-order valence-electron chi connectivity index (χ3n) is 6.38. The molecule has 1 unspecified atom stereocenters. The average Bonchev–Trinajstić information content (AvgIpc) is 3.04. The molecule has 2 aliphatic rings. The van der Waals surface area contributed by atoms with E-state index in [4.69, 9.17) is 0 Å². The standard InChI is InChI=1S/C26H32N4O4S/c1-18(2)19-8-6-10-22(14-19)30-17-20(15-25(30)31)26(32)28-21-9-7-11-23(16-21)35(33,34)29-24-12-4-3-5-13-27-24/h6-11,14,16,18,20H,3-5,12-13,15,17H2,1-2H3,(H,27,29)(H,28,32). The van der Waals surface area contributed by atoms with E-state index < -0.39 is 15.9 Å². The number of sulfonamides is 1. The number of benzene rings is 2. The fraction of sp³-hybridized carbons (Fsp3) is 0.423. The monoisotopic (exact) mass is 496 g/mol. The molecule has 0 aliphatic carbocycles. The van der Waals surface area contributed by atoms with E-state index in [0.717, 1.165) is 30.5 Å². The molecule has 2 aromatic rings. The molecule has 0 saturated carbocycles. The van der Waals surface area contributed by atoms with Crippen molar-refractivity contribution in [3.63, 3.8) is 0 Å². The van der Waals surface area contributed by atoms with Gasteiger partial charge in [-0.25, -0.2) is 8.42 Å². The van der Waals surface area contributed by atoms with Gasteiger partial charge in [-0.1, -0.05) is 38.5 Å². The molecule has 35 heavy (non-hydrogen) atoms. The first kappa shape index (κ1) is 24.9. The highest BCUT2D eigenvalue weighted by molar-refractivity contribution is 7.90. The van der Waals surface area contributed by atoms with Gasteiger partial charge in [0, 0.05) is 37.3 Å². The molecule has 2 aromatic carbocycles. The maximum atomic E-state index is 13.0. The summed E-state index contributed by atoms with van der Waals surface area (Å²) in [6.07, 6.45) is 3.59. The van der Waals surface area contributed by atoms with E-state index in [1.807, 2.05) is 24.3 Å². The van der Waals surface area contributed by atoms with Gasteiger partial charge >= 0.3 is 0 Å². The largest absolute Gasteiger partial charge is 0.326 e. The zero-order chi connectivity index (χ0) is 25.0. The van der Waals surface area contributed by atoms with Gasteiger partial charge in [-0.05, 0) is 54.7 Å². The lowest BCUT2D eigenvalue weighted by Gasteiger charge is -2.18. The van der Waals surface area contributed by atoms with E-state index in [-0.39, 0.29) is 29.7 Å². The van der Waals surface area contributed by atoms with Gasteiger partial charge in [-0.2, -0.15) is 0 Å². The summed E-state index contributed by atoms with van der Waals surface area (Å²) in [5.41, 5.74) is 2.29. The molecular formula is C26H32N4O4S. The Hall–Kier alpha value is -3.20. The molecular weight excluding hydrogens is 464 g/mol. The number of anilines is 2. The molecule has 0 radical (unpaired) electrons. The predicted molar refractivity (Wildman–Crippen MR) is 137 cm³/mol. The van der Waals surface area contributed by atoms with Crippen LogP contribution in [0.1, 0.15) is 57.4 Å². The van der Waals surface area contributed by atoms with Crippen LogP contribution in [0.4, 0.5) is 11.4 Å². The van der Waals surface area contributed by atoms with Crippen molar-refractivity contribution in [1.82, 2.24) is 4.72 Å². The van der Waals surface area contributed by atoms with Crippen LogP contribution in [0.5, 0.6) is 0 Å². The van der Waals surface area contributed by atoms with Gasteiger partial charge in [0.2, 0.25) is 11.8 Å². The number of carbonyl (C=O) groups is 2. The van der Waals surface area contributed by atoms with E-state index in [0.29, 0.717) is 30.4 Å². The van der Waals surface area contributed by atoms with Crippen molar-refractivity contribution in [3.05, 3.63) is 54.1 Å². The van der Waals surface area contributed by atoms with Crippen molar-refractivity contribution in [2.45, 2.75) is 56.8 Å². The van der Waals surface area contributed by atoms with Gasteiger partial charge < -0.3 is 10.2 Å². The number of nitrogens with zero attached hydrogens (tertiary/aromatic N) is 2. The van der Waals surface area contributed by atoms with Crippen LogP contribution in [0, 0.1) is 5.92 Å². The number of amides is 2. The van der Waals surface area contributed by atoms with E-state index >= 15 is 0 Å². The second kappa shape index (κ2) is 10.6. The molecule has 2 aliphatic heterocycles. The van der Waals surface area contributed by atoms with E-state index in [1.165, 1.54) is 12.1 Å². The minimum Gasteiger partial charge on any atom is -0.326 e. The minimum atomic E-state index is -3.81. The molecule has 2 heterocycles.